The molecule has 1 aromatic rings. The van der Waals surface area contributed by atoms with Crippen molar-refractivity contribution in [3.05, 3.63) is 11.6 Å². The van der Waals surface area contributed by atoms with Crippen LogP contribution in [0.25, 0.3) is 0 Å². The number of nitrogens with one attached hydrogen (secondary N) is 1. The Morgan fingerprint density at radius 1 is 1.33 bits per heavy atom. The zero-order valence-corrected chi connectivity index (χ0v) is 11.5. The summed E-state index contributed by atoms with van der Waals surface area (Å²) in [6.45, 7) is 3.71. The van der Waals surface area contributed by atoms with E-state index in [1.54, 1.807) is 6.92 Å². The molecule has 0 bridgehead atoms. The molecule has 0 spiro atoms. The second-order valence-corrected chi connectivity index (χ2v) is 7.03. The van der Waals surface area contributed by atoms with Gasteiger partial charge in [0.15, 0.2) is 9.84 Å². The molecule has 0 amide bonds. The molecule has 1 aromatic heterocycles. The van der Waals surface area contributed by atoms with Crippen molar-refractivity contribution in [1.29, 1.82) is 0 Å². The number of rotatable bonds is 6. The van der Waals surface area contributed by atoms with Gasteiger partial charge in [0, 0.05) is 25.3 Å². The summed E-state index contributed by atoms with van der Waals surface area (Å²) in [5.74, 6) is 2.36. The topological polar surface area (TPSA) is 76.9 Å². The predicted octanol–water partition coefficient (Wildman–Crippen LogP) is 0.139. The zero-order chi connectivity index (χ0) is 13.0. The van der Waals surface area contributed by atoms with Gasteiger partial charge in [0.25, 0.3) is 0 Å². The summed E-state index contributed by atoms with van der Waals surface area (Å²) in [7, 11) is -2.88. The maximum absolute atomic E-state index is 11.3. The zero-order valence-electron chi connectivity index (χ0n) is 10.7. The van der Waals surface area contributed by atoms with Gasteiger partial charge in [-0.3, -0.25) is 0 Å². The summed E-state index contributed by atoms with van der Waals surface area (Å²) < 4.78 is 24.8. The number of hydrogen-bond donors (Lipinski definition) is 1. The van der Waals surface area contributed by atoms with Crippen LogP contribution in [-0.2, 0) is 29.3 Å². The largest absolute Gasteiger partial charge is 0.314 e. The molecule has 0 unspecified atom stereocenters. The van der Waals surface area contributed by atoms with Crippen LogP contribution in [-0.4, -0.2) is 41.2 Å². The van der Waals surface area contributed by atoms with Crippen molar-refractivity contribution in [2.75, 3.05) is 18.1 Å². The number of aryl methyl sites for hydroxylation is 1. The van der Waals surface area contributed by atoms with Crippen LogP contribution in [0, 0.1) is 0 Å². The van der Waals surface area contributed by atoms with Crippen LogP contribution >= 0.6 is 0 Å². The maximum Gasteiger partial charge on any atom is 0.151 e. The van der Waals surface area contributed by atoms with E-state index in [9.17, 15) is 8.42 Å². The Morgan fingerprint density at radius 3 is 2.94 bits per heavy atom. The minimum atomic E-state index is -2.88. The first-order chi connectivity index (χ1) is 8.62. The molecular formula is C11H20N4O2S. The fourth-order valence-corrected chi connectivity index (χ4v) is 2.82. The average molecular weight is 272 g/mol. The van der Waals surface area contributed by atoms with Gasteiger partial charge in [-0.1, -0.05) is 6.92 Å². The summed E-state index contributed by atoms with van der Waals surface area (Å²) >= 11 is 0. The van der Waals surface area contributed by atoms with Crippen molar-refractivity contribution in [2.45, 2.75) is 39.3 Å². The standard InChI is InChI=1S/C11H20N4O2S/c1-2-18(16,17)8-6-12-9-11-14-13-10-5-3-4-7-15(10)11/h12H,2-9H2,1H3. The molecule has 102 valence electrons. The van der Waals surface area contributed by atoms with E-state index in [0.717, 1.165) is 24.6 Å². The minimum Gasteiger partial charge on any atom is -0.314 e. The Labute approximate surface area is 108 Å². The molecule has 0 radical (unpaired) electrons. The number of hydrogen-bond acceptors (Lipinski definition) is 5. The molecule has 0 saturated heterocycles. The van der Waals surface area contributed by atoms with E-state index < -0.39 is 9.84 Å². The van der Waals surface area contributed by atoms with Crippen molar-refractivity contribution in [1.82, 2.24) is 20.1 Å². The summed E-state index contributed by atoms with van der Waals surface area (Å²) in [5, 5.41) is 11.4. The van der Waals surface area contributed by atoms with Crippen LogP contribution in [0.3, 0.4) is 0 Å². The molecule has 0 atom stereocenters. The highest BCUT2D eigenvalue weighted by Gasteiger charge is 2.15. The molecule has 0 fully saturated rings. The van der Waals surface area contributed by atoms with Crippen LogP contribution in [0.1, 0.15) is 31.4 Å². The number of nitrogens with zero attached hydrogens (tertiary/aromatic N) is 3. The highest BCUT2D eigenvalue weighted by molar-refractivity contribution is 7.91. The first-order valence-electron chi connectivity index (χ1n) is 6.44. The number of fused-ring (bicyclic) bond motifs is 1. The lowest BCUT2D eigenvalue weighted by atomic mass is 10.2. The summed E-state index contributed by atoms with van der Waals surface area (Å²) in [6, 6.07) is 0. The van der Waals surface area contributed by atoms with E-state index in [1.165, 1.54) is 12.8 Å². The summed E-state index contributed by atoms with van der Waals surface area (Å²) in [5.41, 5.74) is 0. The van der Waals surface area contributed by atoms with Gasteiger partial charge in [0.1, 0.15) is 11.6 Å². The van der Waals surface area contributed by atoms with Crippen LogP contribution in [0.4, 0.5) is 0 Å². The third-order valence-corrected chi connectivity index (χ3v) is 4.95. The number of sulfone groups is 1. The second-order valence-electron chi connectivity index (χ2n) is 4.55. The number of aromatic nitrogens is 3. The Balaban J connectivity index is 1.82. The van der Waals surface area contributed by atoms with Gasteiger partial charge in [-0.05, 0) is 12.8 Å². The van der Waals surface area contributed by atoms with Crippen LogP contribution in [0.2, 0.25) is 0 Å². The Bertz CT molecular complexity index is 495. The van der Waals surface area contributed by atoms with Gasteiger partial charge >= 0.3 is 0 Å². The lowest BCUT2D eigenvalue weighted by molar-refractivity contribution is 0.499. The second kappa shape index (κ2) is 5.79. The molecule has 18 heavy (non-hydrogen) atoms. The lowest BCUT2D eigenvalue weighted by Crippen LogP contribution is -2.25. The molecule has 0 aliphatic carbocycles. The smallest absolute Gasteiger partial charge is 0.151 e. The van der Waals surface area contributed by atoms with E-state index in [0.29, 0.717) is 13.1 Å². The molecule has 0 aromatic carbocycles. The molecule has 2 rings (SSSR count). The van der Waals surface area contributed by atoms with Gasteiger partial charge in [0.05, 0.1) is 12.3 Å². The van der Waals surface area contributed by atoms with E-state index in [2.05, 4.69) is 20.1 Å². The van der Waals surface area contributed by atoms with Gasteiger partial charge < -0.3 is 9.88 Å². The molecule has 6 nitrogen and oxygen atoms in total. The summed E-state index contributed by atoms with van der Waals surface area (Å²) in [6.07, 6.45) is 3.35. The van der Waals surface area contributed by atoms with Gasteiger partial charge in [0.2, 0.25) is 0 Å². The van der Waals surface area contributed by atoms with Gasteiger partial charge in [-0.25, -0.2) is 8.42 Å². The van der Waals surface area contributed by atoms with E-state index in [1.807, 2.05) is 0 Å². The van der Waals surface area contributed by atoms with Gasteiger partial charge in [-0.15, -0.1) is 10.2 Å². The SMILES string of the molecule is CCS(=O)(=O)CCNCc1nnc2n1CCCC2. The van der Waals surface area contributed by atoms with Gasteiger partial charge in [-0.2, -0.15) is 0 Å². The first-order valence-corrected chi connectivity index (χ1v) is 8.26. The fourth-order valence-electron chi connectivity index (χ4n) is 2.07. The molecule has 2 heterocycles. The monoisotopic (exact) mass is 272 g/mol. The van der Waals surface area contributed by atoms with Crippen molar-refractivity contribution < 1.29 is 8.42 Å². The maximum atomic E-state index is 11.3. The molecule has 1 aliphatic rings. The van der Waals surface area contributed by atoms with Crippen molar-refractivity contribution in [3.63, 3.8) is 0 Å². The Hall–Kier alpha value is -0.950. The highest BCUT2D eigenvalue weighted by Crippen LogP contribution is 2.13. The first kappa shape index (κ1) is 13.5. The predicted molar refractivity (Wildman–Crippen MR) is 69.0 cm³/mol. The van der Waals surface area contributed by atoms with Crippen molar-refractivity contribution in [2.24, 2.45) is 0 Å². The molecule has 0 saturated carbocycles. The van der Waals surface area contributed by atoms with Crippen LogP contribution in [0.15, 0.2) is 0 Å². The van der Waals surface area contributed by atoms with Crippen LogP contribution in [0.5, 0.6) is 0 Å². The van der Waals surface area contributed by atoms with E-state index in [-0.39, 0.29) is 11.5 Å². The Morgan fingerprint density at radius 2 is 2.17 bits per heavy atom. The third-order valence-electron chi connectivity index (χ3n) is 3.25. The van der Waals surface area contributed by atoms with Crippen molar-refractivity contribution in [3.8, 4) is 0 Å². The average Bonchev–Trinajstić information content (AvgIpc) is 2.78. The molecule has 1 N–H and O–H groups in total. The van der Waals surface area contributed by atoms with Crippen molar-refractivity contribution >= 4 is 9.84 Å². The summed E-state index contributed by atoms with van der Waals surface area (Å²) in [4.78, 5) is 0. The molecule has 7 heteroatoms. The van der Waals surface area contributed by atoms with Crippen LogP contribution < -0.4 is 5.32 Å². The normalized spacial score (nSPS) is 15.6. The molecular weight excluding hydrogens is 252 g/mol. The van der Waals surface area contributed by atoms with E-state index >= 15 is 0 Å². The lowest BCUT2D eigenvalue weighted by Gasteiger charge is -2.14. The quantitative estimate of drug-likeness (QED) is 0.745. The minimum absolute atomic E-state index is 0.185. The highest BCUT2D eigenvalue weighted by atomic mass is 32.2. The molecule has 1 aliphatic heterocycles. The van der Waals surface area contributed by atoms with E-state index in [4.69, 9.17) is 0 Å². The third kappa shape index (κ3) is 3.29. The Kier molecular flexibility index (Phi) is 4.34. The fraction of sp³-hybridized carbons (Fsp3) is 0.818.